The van der Waals surface area contributed by atoms with E-state index in [9.17, 15) is 14.7 Å². The summed E-state index contributed by atoms with van der Waals surface area (Å²) >= 11 is 1.53. The lowest BCUT2D eigenvalue weighted by molar-refractivity contribution is -0.158. The molecule has 3 saturated heterocycles. The molecule has 9 heteroatoms. The molecule has 3 N–H and O–H groups in total. The van der Waals surface area contributed by atoms with Gasteiger partial charge >= 0.3 is 5.97 Å². The zero-order chi connectivity index (χ0) is 18.9. The molecule has 0 radical (unpaired) electrons. The summed E-state index contributed by atoms with van der Waals surface area (Å²) in [5, 5.41) is 9.26. The topological polar surface area (TPSA) is 108 Å². The number of fused-ring (bicyclic) bond motifs is 1. The first kappa shape index (κ1) is 19.4. The molecule has 26 heavy (non-hydrogen) atoms. The van der Waals surface area contributed by atoms with Gasteiger partial charge in [0.05, 0.1) is 12.4 Å². The van der Waals surface area contributed by atoms with Crippen LogP contribution >= 0.6 is 11.8 Å². The Morgan fingerprint density at radius 1 is 1.46 bits per heavy atom. The van der Waals surface area contributed by atoms with Gasteiger partial charge in [-0.25, -0.2) is 4.79 Å². The Kier molecular flexibility index (Phi) is 5.78. The van der Waals surface area contributed by atoms with Crippen LogP contribution in [0.4, 0.5) is 0 Å². The minimum atomic E-state index is -0.947. The van der Waals surface area contributed by atoms with Crippen LogP contribution in [0.1, 0.15) is 33.1 Å². The number of hydrogen-bond acceptors (Lipinski definition) is 6. The van der Waals surface area contributed by atoms with E-state index in [1.807, 2.05) is 13.8 Å². The van der Waals surface area contributed by atoms with Crippen molar-refractivity contribution < 1.29 is 19.4 Å². The third-order valence-corrected chi connectivity index (χ3v) is 6.77. The molecule has 146 valence electrons. The van der Waals surface area contributed by atoms with E-state index in [0.29, 0.717) is 13.2 Å². The molecule has 0 saturated carbocycles. The Labute approximate surface area is 158 Å². The molecule has 3 heterocycles. The van der Waals surface area contributed by atoms with Crippen molar-refractivity contribution in [2.75, 3.05) is 26.2 Å². The van der Waals surface area contributed by atoms with E-state index in [0.717, 1.165) is 32.4 Å². The molecule has 0 spiro atoms. The largest absolute Gasteiger partial charge is 0.480 e. The quantitative estimate of drug-likeness (QED) is 0.282. The number of carbonyl (C=O) groups is 2. The highest BCUT2D eigenvalue weighted by atomic mass is 32.2. The van der Waals surface area contributed by atoms with Gasteiger partial charge in [-0.1, -0.05) is 0 Å². The highest BCUT2D eigenvalue weighted by molar-refractivity contribution is 8.01. The number of likely N-dealkylation sites (tertiary alicyclic amines) is 1. The molecular formula is C17H28N4O4S. The van der Waals surface area contributed by atoms with Crippen molar-refractivity contribution in [2.45, 2.75) is 61.4 Å². The highest BCUT2D eigenvalue weighted by Gasteiger charge is 2.63. The van der Waals surface area contributed by atoms with E-state index in [1.165, 1.54) is 16.7 Å². The number of ether oxygens (including phenoxy) is 1. The predicted molar refractivity (Wildman–Crippen MR) is 100 cm³/mol. The minimum Gasteiger partial charge on any atom is -0.480 e. The molecule has 3 aliphatic rings. The van der Waals surface area contributed by atoms with E-state index in [4.69, 9.17) is 10.5 Å². The van der Waals surface area contributed by atoms with Crippen molar-refractivity contribution in [2.24, 2.45) is 10.7 Å². The second-order valence-corrected chi connectivity index (χ2v) is 9.33. The summed E-state index contributed by atoms with van der Waals surface area (Å²) in [4.78, 5) is 32.0. The summed E-state index contributed by atoms with van der Waals surface area (Å²) in [6, 6.07) is -1.25. The molecule has 0 bridgehead atoms. The van der Waals surface area contributed by atoms with Crippen molar-refractivity contribution in [3.05, 3.63) is 0 Å². The molecule has 0 aromatic rings. The zero-order valence-corrected chi connectivity index (χ0v) is 16.2. The standard InChI is InChI=1S/C17H28N4O4S/c1-17(2)13(16(23)24)21-14(22)12(15(21)26-17)19-10-20-7-4-11(5-8-20)25-9-3-6-18/h10-13,15H,3-9,18H2,1-2H3,(H,23,24)/t12-,13+,15-/m1/s1. The van der Waals surface area contributed by atoms with Gasteiger partial charge in [0.2, 0.25) is 0 Å². The smallest absolute Gasteiger partial charge is 0.327 e. The molecule has 1 amide bonds. The second-order valence-electron chi connectivity index (χ2n) is 7.56. The van der Waals surface area contributed by atoms with Gasteiger partial charge < -0.3 is 25.4 Å². The summed E-state index contributed by atoms with van der Waals surface area (Å²) in [6.07, 6.45) is 4.79. The SMILES string of the molecule is CC1(C)S[C@@H]2[C@H](N=CN3CCC(OCCCN)CC3)C(=O)N2[C@H]1C(=O)O. The van der Waals surface area contributed by atoms with Crippen molar-refractivity contribution >= 4 is 30.0 Å². The van der Waals surface area contributed by atoms with Crippen LogP contribution in [-0.2, 0) is 14.3 Å². The lowest BCUT2D eigenvalue weighted by Gasteiger charge is -2.41. The van der Waals surface area contributed by atoms with E-state index >= 15 is 0 Å². The van der Waals surface area contributed by atoms with Gasteiger partial charge in [-0.3, -0.25) is 9.79 Å². The van der Waals surface area contributed by atoms with Crippen molar-refractivity contribution in [1.82, 2.24) is 9.80 Å². The summed E-state index contributed by atoms with van der Waals surface area (Å²) in [6.45, 7) is 6.80. The van der Waals surface area contributed by atoms with E-state index in [2.05, 4.69) is 9.89 Å². The first-order chi connectivity index (χ1) is 12.3. The third kappa shape index (κ3) is 3.70. The van der Waals surface area contributed by atoms with Crippen LogP contribution in [0, 0.1) is 0 Å². The Morgan fingerprint density at radius 2 is 2.15 bits per heavy atom. The second kappa shape index (κ2) is 7.74. The van der Waals surface area contributed by atoms with E-state index in [1.54, 1.807) is 6.34 Å². The highest BCUT2D eigenvalue weighted by Crippen LogP contribution is 2.51. The van der Waals surface area contributed by atoms with Crippen LogP contribution in [0.15, 0.2) is 4.99 Å². The van der Waals surface area contributed by atoms with Gasteiger partial charge in [0.15, 0.2) is 6.04 Å². The number of thioether (sulfide) groups is 1. The number of hydrogen-bond donors (Lipinski definition) is 2. The maximum atomic E-state index is 12.4. The van der Waals surface area contributed by atoms with Crippen LogP contribution in [0.3, 0.4) is 0 Å². The molecular weight excluding hydrogens is 356 g/mol. The van der Waals surface area contributed by atoms with Crippen LogP contribution in [-0.4, -0.2) is 87.7 Å². The minimum absolute atomic E-state index is 0.174. The summed E-state index contributed by atoms with van der Waals surface area (Å²) in [5.41, 5.74) is 5.47. The van der Waals surface area contributed by atoms with Gasteiger partial charge in [-0.2, -0.15) is 0 Å². The number of carboxylic acid groups (broad SMARTS) is 1. The maximum absolute atomic E-state index is 12.4. The molecule has 0 aromatic heterocycles. The molecule has 0 aromatic carbocycles. The van der Waals surface area contributed by atoms with Crippen molar-refractivity contribution in [1.29, 1.82) is 0 Å². The fraction of sp³-hybridized carbons (Fsp3) is 0.824. The first-order valence-corrected chi connectivity index (χ1v) is 10.0. The lowest BCUT2D eigenvalue weighted by Crippen LogP contribution is -2.65. The number of nitrogens with two attached hydrogens (primary N) is 1. The molecule has 0 aliphatic carbocycles. The molecule has 3 rings (SSSR count). The van der Waals surface area contributed by atoms with Crippen LogP contribution in [0.5, 0.6) is 0 Å². The summed E-state index contributed by atoms with van der Waals surface area (Å²) in [5.74, 6) is -1.13. The van der Waals surface area contributed by atoms with Crippen LogP contribution in [0.2, 0.25) is 0 Å². The van der Waals surface area contributed by atoms with Gasteiger partial charge in [0, 0.05) is 24.4 Å². The van der Waals surface area contributed by atoms with Gasteiger partial charge in [-0.05, 0) is 39.7 Å². The fourth-order valence-electron chi connectivity index (χ4n) is 3.79. The summed E-state index contributed by atoms with van der Waals surface area (Å²) < 4.78 is 5.29. The summed E-state index contributed by atoms with van der Waals surface area (Å²) in [7, 11) is 0. The Hall–Kier alpha value is -1.32. The maximum Gasteiger partial charge on any atom is 0.327 e. The monoisotopic (exact) mass is 384 g/mol. The molecule has 8 nitrogen and oxygen atoms in total. The Balaban J connectivity index is 1.50. The molecule has 0 unspecified atom stereocenters. The van der Waals surface area contributed by atoms with Crippen molar-refractivity contribution in [3.63, 3.8) is 0 Å². The number of rotatable bonds is 7. The normalized spacial score (nSPS) is 31.3. The first-order valence-electron chi connectivity index (χ1n) is 9.17. The average molecular weight is 385 g/mol. The molecule has 3 atom stereocenters. The van der Waals surface area contributed by atoms with Crippen molar-refractivity contribution in [3.8, 4) is 0 Å². The molecule has 3 aliphatic heterocycles. The number of carboxylic acids is 1. The number of carbonyl (C=O) groups excluding carboxylic acids is 1. The number of nitrogens with zero attached hydrogens (tertiary/aromatic N) is 3. The van der Waals surface area contributed by atoms with E-state index in [-0.39, 0.29) is 17.4 Å². The average Bonchev–Trinajstić information content (AvgIpc) is 2.85. The van der Waals surface area contributed by atoms with Crippen LogP contribution < -0.4 is 5.73 Å². The Bertz CT molecular complexity index is 577. The van der Waals surface area contributed by atoms with Gasteiger partial charge in [-0.15, -0.1) is 11.8 Å². The number of amides is 1. The molecule has 3 fully saturated rings. The van der Waals surface area contributed by atoms with E-state index < -0.39 is 22.8 Å². The lowest BCUT2D eigenvalue weighted by atomic mass is 9.96. The van der Waals surface area contributed by atoms with Gasteiger partial charge in [0.25, 0.3) is 5.91 Å². The number of aliphatic carboxylic acids is 1. The fourth-order valence-corrected chi connectivity index (χ4v) is 5.41. The number of piperidine rings is 1. The number of aliphatic imine (C=N–C) groups is 1. The number of β-lactam (4-membered cyclic amide) rings is 1. The third-order valence-electron chi connectivity index (χ3n) is 5.22. The predicted octanol–water partition coefficient (Wildman–Crippen LogP) is 0.360. The van der Waals surface area contributed by atoms with Crippen LogP contribution in [0.25, 0.3) is 0 Å². The zero-order valence-electron chi connectivity index (χ0n) is 15.3. The van der Waals surface area contributed by atoms with Gasteiger partial charge in [0.1, 0.15) is 11.4 Å². The Morgan fingerprint density at radius 3 is 2.77 bits per heavy atom.